The van der Waals surface area contributed by atoms with Gasteiger partial charge in [-0.05, 0) is 24.5 Å². The van der Waals surface area contributed by atoms with Crippen LogP contribution in [-0.2, 0) is 32.1 Å². The van der Waals surface area contributed by atoms with Crippen LogP contribution in [0, 0.1) is 5.92 Å². The summed E-state index contributed by atoms with van der Waals surface area (Å²) in [5, 5.41) is 0. The van der Waals surface area contributed by atoms with Crippen LogP contribution in [0.5, 0.6) is 0 Å². The molecule has 0 aliphatic rings. The maximum Gasteiger partial charge on any atom is 0.330 e. The highest BCUT2D eigenvalue weighted by atomic mass is 16.5. The molecule has 0 saturated heterocycles. The SMILES string of the molecule is CCOC(=O)/C=C/[C@H](Cc1ccccc1)C(=O)OCc1ccccc1. The summed E-state index contributed by atoms with van der Waals surface area (Å²) in [5.41, 5.74) is 1.92. The Labute approximate surface area is 148 Å². The Balaban J connectivity index is 2.03. The maximum atomic E-state index is 12.5. The van der Waals surface area contributed by atoms with E-state index in [0.717, 1.165) is 11.1 Å². The highest BCUT2D eigenvalue weighted by Gasteiger charge is 2.18. The Morgan fingerprint density at radius 3 is 2.12 bits per heavy atom. The molecule has 0 aromatic heterocycles. The Hall–Kier alpha value is -2.88. The number of carbonyl (C=O) groups excluding carboxylic acids is 2. The summed E-state index contributed by atoms with van der Waals surface area (Å²) in [7, 11) is 0. The maximum absolute atomic E-state index is 12.5. The van der Waals surface area contributed by atoms with Crippen LogP contribution in [0.15, 0.2) is 72.8 Å². The zero-order chi connectivity index (χ0) is 17.9. The van der Waals surface area contributed by atoms with Crippen molar-refractivity contribution in [1.29, 1.82) is 0 Å². The molecule has 130 valence electrons. The fourth-order valence-corrected chi connectivity index (χ4v) is 2.32. The highest BCUT2D eigenvalue weighted by Crippen LogP contribution is 2.14. The van der Waals surface area contributed by atoms with E-state index in [4.69, 9.17) is 9.47 Å². The fraction of sp³-hybridized carbons (Fsp3) is 0.238. The molecule has 0 heterocycles. The van der Waals surface area contributed by atoms with Gasteiger partial charge in [0.05, 0.1) is 12.5 Å². The summed E-state index contributed by atoms with van der Waals surface area (Å²) in [6, 6.07) is 19.1. The number of benzene rings is 2. The predicted octanol–water partition coefficient (Wildman–Crippen LogP) is 3.71. The number of esters is 2. The summed E-state index contributed by atoms with van der Waals surface area (Å²) in [4.78, 5) is 24.0. The number of hydrogen-bond acceptors (Lipinski definition) is 4. The quantitative estimate of drug-likeness (QED) is 0.544. The summed E-state index contributed by atoms with van der Waals surface area (Å²) in [6.45, 7) is 2.24. The van der Waals surface area contributed by atoms with Gasteiger partial charge < -0.3 is 9.47 Å². The molecule has 1 atom stereocenters. The van der Waals surface area contributed by atoms with Gasteiger partial charge in [0.1, 0.15) is 6.61 Å². The molecule has 4 nitrogen and oxygen atoms in total. The molecule has 0 saturated carbocycles. The minimum Gasteiger partial charge on any atom is -0.463 e. The normalized spacial score (nSPS) is 11.9. The van der Waals surface area contributed by atoms with Gasteiger partial charge in [0.25, 0.3) is 0 Å². The molecule has 0 aliphatic heterocycles. The minimum absolute atomic E-state index is 0.207. The topological polar surface area (TPSA) is 52.6 Å². The van der Waals surface area contributed by atoms with Crippen LogP contribution in [0.25, 0.3) is 0 Å². The van der Waals surface area contributed by atoms with Crippen LogP contribution in [0.1, 0.15) is 18.1 Å². The number of rotatable bonds is 8. The third kappa shape index (κ3) is 6.63. The molecular weight excluding hydrogens is 316 g/mol. The van der Waals surface area contributed by atoms with E-state index in [0.29, 0.717) is 13.0 Å². The van der Waals surface area contributed by atoms with Crippen molar-refractivity contribution < 1.29 is 19.1 Å². The molecular formula is C21H22O4. The first-order valence-electron chi connectivity index (χ1n) is 8.28. The molecule has 0 N–H and O–H groups in total. The van der Waals surface area contributed by atoms with Crippen LogP contribution in [-0.4, -0.2) is 18.5 Å². The largest absolute Gasteiger partial charge is 0.463 e. The van der Waals surface area contributed by atoms with Crippen molar-refractivity contribution in [2.24, 2.45) is 5.92 Å². The van der Waals surface area contributed by atoms with Crippen LogP contribution in [0.3, 0.4) is 0 Å². The summed E-state index contributed by atoms with van der Waals surface area (Å²) >= 11 is 0. The molecule has 0 spiro atoms. The molecule has 0 amide bonds. The molecule has 0 aliphatic carbocycles. The summed E-state index contributed by atoms with van der Waals surface area (Å²) in [6.07, 6.45) is 3.31. The van der Waals surface area contributed by atoms with E-state index in [1.165, 1.54) is 6.08 Å². The third-order valence-corrected chi connectivity index (χ3v) is 3.58. The first-order chi connectivity index (χ1) is 12.2. The molecule has 0 unspecified atom stereocenters. The summed E-state index contributed by atoms with van der Waals surface area (Å²) in [5.74, 6) is -1.37. The van der Waals surface area contributed by atoms with E-state index >= 15 is 0 Å². The Bertz CT molecular complexity index is 692. The second kappa shape index (κ2) is 10.1. The first kappa shape index (κ1) is 18.5. The lowest BCUT2D eigenvalue weighted by molar-refractivity contribution is -0.148. The van der Waals surface area contributed by atoms with Crippen molar-refractivity contribution in [3.05, 3.63) is 83.9 Å². The first-order valence-corrected chi connectivity index (χ1v) is 8.28. The van der Waals surface area contributed by atoms with Gasteiger partial charge in [-0.25, -0.2) is 4.79 Å². The van der Waals surface area contributed by atoms with E-state index in [1.54, 1.807) is 13.0 Å². The average Bonchev–Trinajstić information content (AvgIpc) is 2.65. The molecule has 0 bridgehead atoms. The van der Waals surface area contributed by atoms with Gasteiger partial charge >= 0.3 is 11.9 Å². The zero-order valence-electron chi connectivity index (χ0n) is 14.3. The van der Waals surface area contributed by atoms with Gasteiger partial charge in [-0.3, -0.25) is 4.79 Å². The third-order valence-electron chi connectivity index (χ3n) is 3.58. The second-order valence-corrected chi connectivity index (χ2v) is 5.50. The van der Waals surface area contributed by atoms with Crippen molar-refractivity contribution in [1.82, 2.24) is 0 Å². The van der Waals surface area contributed by atoms with Crippen molar-refractivity contribution in [2.45, 2.75) is 20.0 Å². The monoisotopic (exact) mass is 338 g/mol. The van der Waals surface area contributed by atoms with E-state index in [-0.39, 0.29) is 12.6 Å². The van der Waals surface area contributed by atoms with Gasteiger partial charge in [-0.1, -0.05) is 66.7 Å². The van der Waals surface area contributed by atoms with Gasteiger partial charge in [-0.15, -0.1) is 0 Å². The van der Waals surface area contributed by atoms with Crippen LogP contribution < -0.4 is 0 Å². The molecule has 2 rings (SSSR count). The van der Waals surface area contributed by atoms with Gasteiger partial charge in [0, 0.05) is 6.08 Å². The van der Waals surface area contributed by atoms with E-state index in [1.807, 2.05) is 60.7 Å². The van der Waals surface area contributed by atoms with Gasteiger partial charge in [0.2, 0.25) is 0 Å². The lowest BCUT2D eigenvalue weighted by atomic mass is 9.99. The minimum atomic E-state index is -0.546. The predicted molar refractivity (Wildman–Crippen MR) is 95.6 cm³/mol. The van der Waals surface area contributed by atoms with Gasteiger partial charge in [0.15, 0.2) is 0 Å². The lowest BCUT2D eigenvalue weighted by Crippen LogP contribution is -2.19. The lowest BCUT2D eigenvalue weighted by Gasteiger charge is -2.13. The van der Waals surface area contributed by atoms with Crippen LogP contribution in [0.4, 0.5) is 0 Å². The van der Waals surface area contributed by atoms with Crippen molar-refractivity contribution >= 4 is 11.9 Å². The Morgan fingerprint density at radius 1 is 0.920 bits per heavy atom. The molecule has 2 aromatic carbocycles. The van der Waals surface area contributed by atoms with Crippen LogP contribution in [0.2, 0.25) is 0 Å². The van der Waals surface area contributed by atoms with E-state index < -0.39 is 11.9 Å². The smallest absolute Gasteiger partial charge is 0.330 e. The Morgan fingerprint density at radius 2 is 1.52 bits per heavy atom. The van der Waals surface area contributed by atoms with Crippen molar-refractivity contribution in [2.75, 3.05) is 6.61 Å². The highest BCUT2D eigenvalue weighted by molar-refractivity contribution is 5.84. The zero-order valence-corrected chi connectivity index (χ0v) is 14.3. The average molecular weight is 338 g/mol. The van der Waals surface area contributed by atoms with Crippen molar-refractivity contribution in [3.8, 4) is 0 Å². The van der Waals surface area contributed by atoms with Crippen molar-refractivity contribution in [3.63, 3.8) is 0 Å². The Kier molecular flexibility index (Phi) is 7.44. The molecule has 0 fully saturated rings. The number of ether oxygens (including phenoxy) is 2. The fourth-order valence-electron chi connectivity index (χ4n) is 2.32. The molecule has 25 heavy (non-hydrogen) atoms. The number of carbonyl (C=O) groups is 2. The van der Waals surface area contributed by atoms with E-state index in [2.05, 4.69) is 0 Å². The van der Waals surface area contributed by atoms with Crippen LogP contribution >= 0.6 is 0 Å². The molecule has 4 heteroatoms. The molecule has 2 aromatic rings. The number of hydrogen-bond donors (Lipinski definition) is 0. The second-order valence-electron chi connectivity index (χ2n) is 5.50. The van der Waals surface area contributed by atoms with E-state index in [9.17, 15) is 9.59 Å². The standard InChI is InChI=1S/C21H22O4/c1-2-24-20(22)14-13-19(15-17-9-5-3-6-10-17)21(23)25-16-18-11-7-4-8-12-18/h3-14,19H,2,15-16H2,1H3/b14-13+/t19-/m1/s1. The molecule has 0 radical (unpaired) electrons. The van der Waals surface area contributed by atoms with Gasteiger partial charge in [-0.2, -0.15) is 0 Å². The summed E-state index contributed by atoms with van der Waals surface area (Å²) < 4.78 is 10.3.